The van der Waals surface area contributed by atoms with Gasteiger partial charge >= 0.3 is 0 Å². The molecule has 2 bridgehead atoms. The van der Waals surface area contributed by atoms with E-state index >= 15 is 0 Å². The number of carbonyl (C=O) groups is 1. The Morgan fingerprint density at radius 1 is 0.815 bits per heavy atom. The van der Waals surface area contributed by atoms with Gasteiger partial charge in [-0.15, -0.1) is 0 Å². The van der Waals surface area contributed by atoms with Crippen LogP contribution in [0.4, 0.5) is 5.69 Å². The Balaban J connectivity index is 1.60. The molecule has 0 saturated carbocycles. The van der Waals surface area contributed by atoms with E-state index in [9.17, 15) is 4.79 Å². The van der Waals surface area contributed by atoms with Gasteiger partial charge in [0.2, 0.25) is 5.91 Å². The van der Waals surface area contributed by atoms with Crippen molar-refractivity contribution in [3.63, 3.8) is 0 Å². The predicted octanol–water partition coefficient (Wildman–Crippen LogP) is 5.93. The average Bonchev–Trinajstić information content (AvgIpc) is 2.68. The number of rotatable bonds is 2. The minimum atomic E-state index is -0.0706. The molecule has 3 aromatic rings. The lowest BCUT2D eigenvalue weighted by Crippen LogP contribution is -2.44. The third kappa shape index (κ3) is 2.56. The lowest BCUT2D eigenvalue weighted by atomic mass is 9.54. The van der Waals surface area contributed by atoms with Crippen molar-refractivity contribution in [1.82, 2.24) is 0 Å². The first-order valence-electron chi connectivity index (χ1n) is 9.39. The van der Waals surface area contributed by atoms with Crippen molar-refractivity contribution in [3.8, 4) is 0 Å². The van der Waals surface area contributed by atoms with Gasteiger partial charge in [-0.3, -0.25) is 4.79 Å². The van der Waals surface area contributed by atoms with Crippen LogP contribution in [0.15, 0.2) is 77.3 Å². The normalized spacial score (nSPS) is 24.8. The fourth-order valence-electron chi connectivity index (χ4n) is 5.14. The summed E-state index contributed by atoms with van der Waals surface area (Å²) in [4.78, 5) is 13.4. The van der Waals surface area contributed by atoms with Gasteiger partial charge in [0, 0.05) is 22.0 Å². The molecule has 0 radical (unpaired) electrons. The Labute approximate surface area is 167 Å². The predicted molar refractivity (Wildman–Crippen MR) is 112 cm³/mol. The summed E-state index contributed by atoms with van der Waals surface area (Å²) in [5.41, 5.74) is 6.24. The summed E-state index contributed by atoms with van der Waals surface area (Å²) in [6, 6.07) is 25.1. The minimum Gasteiger partial charge on any atom is -0.326 e. The monoisotopic (exact) mass is 417 g/mol. The molecule has 27 heavy (non-hydrogen) atoms. The van der Waals surface area contributed by atoms with E-state index in [1.54, 1.807) is 0 Å². The lowest BCUT2D eigenvalue weighted by molar-refractivity contribution is -0.122. The Morgan fingerprint density at radius 3 is 1.93 bits per heavy atom. The maximum absolute atomic E-state index is 13.4. The van der Waals surface area contributed by atoms with Crippen molar-refractivity contribution in [3.05, 3.63) is 99.5 Å². The van der Waals surface area contributed by atoms with E-state index < -0.39 is 0 Å². The van der Waals surface area contributed by atoms with Crippen molar-refractivity contribution in [2.45, 2.75) is 18.8 Å². The Morgan fingerprint density at radius 2 is 1.37 bits per heavy atom. The van der Waals surface area contributed by atoms with Crippen LogP contribution in [0, 0.1) is 11.8 Å². The first-order chi connectivity index (χ1) is 13.1. The molecule has 2 nitrogen and oxygen atoms in total. The summed E-state index contributed by atoms with van der Waals surface area (Å²) in [7, 11) is 0. The molecule has 3 aromatic carbocycles. The fourth-order valence-corrected chi connectivity index (χ4v) is 5.54. The first kappa shape index (κ1) is 16.8. The molecule has 3 heteroatoms. The molecule has 2 atom stereocenters. The number of amides is 1. The van der Waals surface area contributed by atoms with Gasteiger partial charge in [0.25, 0.3) is 0 Å². The van der Waals surface area contributed by atoms with Crippen LogP contribution >= 0.6 is 15.9 Å². The summed E-state index contributed by atoms with van der Waals surface area (Å²) < 4.78 is 0.967. The van der Waals surface area contributed by atoms with Gasteiger partial charge in [-0.25, -0.2) is 0 Å². The molecule has 1 N–H and O–H groups in total. The van der Waals surface area contributed by atoms with Crippen molar-refractivity contribution in [2.24, 2.45) is 11.8 Å². The first-order valence-corrected chi connectivity index (χ1v) is 10.2. The Kier molecular flexibility index (Phi) is 3.94. The van der Waals surface area contributed by atoms with E-state index in [1.807, 2.05) is 24.3 Å². The van der Waals surface area contributed by atoms with Gasteiger partial charge < -0.3 is 5.32 Å². The fraction of sp³-hybridized carbons (Fsp3) is 0.208. The van der Waals surface area contributed by atoms with Crippen molar-refractivity contribution in [1.29, 1.82) is 0 Å². The van der Waals surface area contributed by atoms with E-state index in [1.165, 1.54) is 22.3 Å². The molecule has 3 aliphatic rings. The van der Waals surface area contributed by atoms with E-state index in [4.69, 9.17) is 0 Å². The number of halogens is 1. The van der Waals surface area contributed by atoms with Crippen LogP contribution in [0.25, 0.3) is 0 Å². The number of nitrogens with one attached hydrogen (secondary N) is 1. The van der Waals surface area contributed by atoms with E-state index in [2.05, 4.69) is 76.7 Å². The molecule has 0 saturated heterocycles. The van der Waals surface area contributed by atoms with E-state index in [-0.39, 0.29) is 29.6 Å². The summed E-state index contributed by atoms with van der Waals surface area (Å²) in [5, 5.41) is 3.16. The maximum Gasteiger partial charge on any atom is 0.228 e. The van der Waals surface area contributed by atoms with Crippen molar-refractivity contribution < 1.29 is 4.79 Å². The molecular weight excluding hydrogens is 398 g/mol. The van der Waals surface area contributed by atoms with Crippen LogP contribution in [0.3, 0.4) is 0 Å². The zero-order valence-corrected chi connectivity index (χ0v) is 16.6. The van der Waals surface area contributed by atoms with Gasteiger partial charge in [0.15, 0.2) is 0 Å². The average molecular weight is 418 g/mol. The smallest absolute Gasteiger partial charge is 0.228 e. The van der Waals surface area contributed by atoms with Crippen LogP contribution in [-0.2, 0) is 4.79 Å². The molecule has 2 unspecified atom stereocenters. The summed E-state index contributed by atoms with van der Waals surface area (Å²) in [6.45, 7) is 2.23. The van der Waals surface area contributed by atoms with Gasteiger partial charge in [0.1, 0.15) is 0 Å². The highest BCUT2D eigenvalue weighted by atomic mass is 79.9. The zero-order chi connectivity index (χ0) is 18.5. The van der Waals surface area contributed by atoms with E-state index in [0.717, 1.165) is 10.2 Å². The molecule has 1 amide bonds. The quantitative estimate of drug-likeness (QED) is 0.549. The van der Waals surface area contributed by atoms with Crippen molar-refractivity contribution in [2.75, 3.05) is 5.32 Å². The Hall–Kier alpha value is -2.39. The molecular formula is C24H20BrNO. The number of benzene rings is 3. The van der Waals surface area contributed by atoms with Crippen LogP contribution in [0.2, 0.25) is 0 Å². The highest BCUT2D eigenvalue weighted by Crippen LogP contribution is 2.58. The highest BCUT2D eigenvalue weighted by Gasteiger charge is 2.50. The second-order valence-electron chi connectivity index (χ2n) is 7.60. The minimum absolute atomic E-state index is 0.0706. The standard InChI is InChI=1S/C24H20BrNO/c1-14-21-17-9-2-4-11-19(17)23(20-12-5-3-10-18(20)21)22(14)24(27)26-16-8-6-7-15(25)13-16/h2-14,21-23H,1H3,(H,26,27). The number of hydrogen-bond donors (Lipinski definition) is 1. The highest BCUT2D eigenvalue weighted by molar-refractivity contribution is 9.10. The second-order valence-corrected chi connectivity index (χ2v) is 8.51. The molecule has 0 fully saturated rings. The van der Waals surface area contributed by atoms with Crippen molar-refractivity contribution >= 4 is 27.5 Å². The molecule has 0 heterocycles. The van der Waals surface area contributed by atoms with Crippen LogP contribution in [0.5, 0.6) is 0 Å². The molecule has 0 aliphatic heterocycles. The third-order valence-electron chi connectivity index (χ3n) is 6.18. The molecule has 3 aliphatic carbocycles. The molecule has 0 spiro atoms. The van der Waals surface area contributed by atoms with E-state index in [0.29, 0.717) is 0 Å². The number of hydrogen-bond acceptors (Lipinski definition) is 1. The van der Waals surface area contributed by atoms with Crippen LogP contribution in [-0.4, -0.2) is 5.91 Å². The molecule has 0 aromatic heterocycles. The van der Waals surface area contributed by atoms with Gasteiger partial charge in [0.05, 0.1) is 5.92 Å². The third-order valence-corrected chi connectivity index (χ3v) is 6.67. The van der Waals surface area contributed by atoms with Gasteiger partial charge in [-0.2, -0.15) is 0 Å². The topological polar surface area (TPSA) is 29.1 Å². The molecule has 6 rings (SSSR count). The summed E-state index contributed by atoms with van der Waals surface area (Å²) >= 11 is 3.48. The summed E-state index contributed by atoms with van der Waals surface area (Å²) in [6.07, 6.45) is 0. The SMILES string of the molecule is CC1C2c3ccccc3C(c3ccccc32)C1C(=O)Nc1cccc(Br)c1. The number of anilines is 1. The number of fused-ring (bicyclic) bond motifs is 1. The Bertz CT molecular complexity index is 996. The lowest BCUT2D eigenvalue weighted by Gasteiger charge is -2.49. The number of carbonyl (C=O) groups excluding carboxylic acids is 1. The van der Waals surface area contributed by atoms with Gasteiger partial charge in [-0.05, 0) is 46.4 Å². The largest absolute Gasteiger partial charge is 0.326 e. The zero-order valence-electron chi connectivity index (χ0n) is 15.0. The maximum atomic E-state index is 13.4. The van der Waals surface area contributed by atoms with Crippen LogP contribution < -0.4 is 5.32 Å². The van der Waals surface area contributed by atoms with Crippen LogP contribution in [0.1, 0.15) is 41.0 Å². The van der Waals surface area contributed by atoms with Gasteiger partial charge in [-0.1, -0.05) is 77.5 Å². The summed E-state index contributed by atoms with van der Waals surface area (Å²) in [5.74, 6) is 0.690. The molecule has 134 valence electrons. The second kappa shape index (κ2) is 6.35.